The molecule has 2 aliphatic rings. The molecule has 1 aromatic carbocycles. The van der Waals surface area contributed by atoms with Crippen LogP contribution in [0.2, 0.25) is 0 Å². The van der Waals surface area contributed by atoms with E-state index in [1.165, 1.54) is 5.56 Å². The van der Waals surface area contributed by atoms with Crippen molar-refractivity contribution in [1.29, 1.82) is 0 Å². The van der Waals surface area contributed by atoms with Crippen molar-refractivity contribution in [2.45, 2.75) is 32.2 Å². The highest BCUT2D eigenvalue weighted by atomic mass is 35.5. The molecule has 1 aromatic rings. The normalized spacial score (nSPS) is 23.0. The van der Waals surface area contributed by atoms with Crippen molar-refractivity contribution in [2.24, 2.45) is 5.92 Å². The Labute approximate surface area is 139 Å². The minimum absolute atomic E-state index is 0. The fourth-order valence-electron chi connectivity index (χ4n) is 2.96. The Morgan fingerprint density at radius 1 is 1.23 bits per heavy atom. The largest absolute Gasteiger partial charge is 0.313 e. The predicted octanol–water partition coefficient (Wildman–Crippen LogP) is 2.36. The molecule has 124 valence electrons. The van der Waals surface area contributed by atoms with Crippen molar-refractivity contribution in [2.75, 3.05) is 25.4 Å². The molecule has 1 saturated heterocycles. The lowest BCUT2D eigenvalue weighted by molar-refractivity contribution is 0.271. The lowest BCUT2D eigenvalue weighted by Gasteiger charge is -2.35. The van der Waals surface area contributed by atoms with E-state index in [1.54, 1.807) is 4.31 Å². The van der Waals surface area contributed by atoms with Gasteiger partial charge >= 0.3 is 0 Å². The smallest absolute Gasteiger partial charge is 0.215 e. The molecular formula is C16H25ClN2O2S. The van der Waals surface area contributed by atoms with Crippen LogP contribution in [0.3, 0.4) is 0 Å². The summed E-state index contributed by atoms with van der Waals surface area (Å²) in [5, 5.41) is 3.33. The van der Waals surface area contributed by atoms with E-state index in [1.807, 2.05) is 0 Å². The molecule has 1 saturated carbocycles. The lowest BCUT2D eigenvalue weighted by Crippen LogP contribution is -2.49. The third-order valence-corrected chi connectivity index (χ3v) is 6.51. The Balaban J connectivity index is 0.00000176. The van der Waals surface area contributed by atoms with Crippen LogP contribution in [-0.2, 0) is 16.4 Å². The third kappa shape index (κ3) is 4.02. The number of aryl methyl sites for hydroxylation is 1. The highest BCUT2D eigenvalue weighted by molar-refractivity contribution is 7.89. The van der Waals surface area contributed by atoms with Crippen molar-refractivity contribution in [1.82, 2.24) is 9.62 Å². The molecule has 4 nitrogen and oxygen atoms in total. The van der Waals surface area contributed by atoms with Gasteiger partial charge in [0, 0.05) is 19.6 Å². The van der Waals surface area contributed by atoms with E-state index in [2.05, 4.69) is 36.5 Å². The van der Waals surface area contributed by atoms with Crippen molar-refractivity contribution < 1.29 is 8.42 Å². The summed E-state index contributed by atoms with van der Waals surface area (Å²) in [6, 6.07) is 8.31. The Kier molecular flexibility index (Phi) is 5.88. The van der Waals surface area contributed by atoms with Crippen molar-refractivity contribution in [3.05, 3.63) is 35.4 Å². The summed E-state index contributed by atoms with van der Waals surface area (Å²) >= 11 is 0. The highest BCUT2D eigenvalue weighted by Gasteiger charge is 2.37. The first kappa shape index (κ1) is 17.7. The molecule has 1 aliphatic heterocycles. The number of hydrogen-bond acceptors (Lipinski definition) is 3. The summed E-state index contributed by atoms with van der Waals surface area (Å²) in [5.74, 6) is 0.726. The Morgan fingerprint density at radius 2 is 1.91 bits per heavy atom. The van der Waals surface area contributed by atoms with Gasteiger partial charge < -0.3 is 5.32 Å². The van der Waals surface area contributed by atoms with E-state index < -0.39 is 10.0 Å². The average Bonchev–Trinajstić information content (AvgIpc) is 3.31. The Bertz CT molecular complexity index is 585. The molecular weight excluding hydrogens is 320 g/mol. The molecule has 0 spiro atoms. The van der Waals surface area contributed by atoms with Gasteiger partial charge in [0.25, 0.3) is 0 Å². The number of halogens is 1. The van der Waals surface area contributed by atoms with Crippen LogP contribution in [0.1, 0.15) is 36.9 Å². The molecule has 0 bridgehead atoms. The van der Waals surface area contributed by atoms with Gasteiger partial charge in [-0.1, -0.05) is 31.2 Å². The monoisotopic (exact) mass is 344 g/mol. The number of nitrogens with zero attached hydrogens (tertiary/aromatic N) is 1. The summed E-state index contributed by atoms with van der Waals surface area (Å²) < 4.78 is 27.0. The maximum atomic E-state index is 12.6. The van der Waals surface area contributed by atoms with Crippen LogP contribution in [0.15, 0.2) is 24.3 Å². The van der Waals surface area contributed by atoms with Gasteiger partial charge in [0.15, 0.2) is 0 Å². The predicted molar refractivity (Wildman–Crippen MR) is 91.9 cm³/mol. The zero-order valence-corrected chi connectivity index (χ0v) is 14.6. The molecule has 1 unspecified atom stereocenters. The number of nitrogens with one attached hydrogen (secondary N) is 1. The van der Waals surface area contributed by atoms with E-state index in [4.69, 9.17) is 0 Å². The first-order valence-corrected chi connectivity index (χ1v) is 9.50. The molecule has 3 rings (SSSR count). The van der Waals surface area contributed by atoms with E-state index in [-0.39, 0.29) is 18.4 Å². The lowest BCUT2D eigenvalue weighted by atomic mass is 10.0. The molecule has 0 amide bonds. The van der Waals surface area contributed by atoms with Gasteiger partial charge in [-0.05, 0) is 36.3 Å². The van der Waals surface area contributed by atoms with E-state index in [9.17, 15) is 8.42 Å². The van der Waals surface area contributed by atoms with Crippen LogP contribution in [-0.4, -0.2) is 38.1 Å². The topological polar surface area (TPSA) is 49.4 Å². The van der Waals surface area contributed by atoms with Crippen LogP contribution < -0.4 is 5.32 Å². The Morgan fingerprint density at radius 3 is 2.50 bits per heavy atom. The first-order valence-electron chi connectivity index (χ1n) is 7.89. The second-order valence-electron chi connectivity index (χ2n) is 6.15. The van der Waals surface area contributed by atoms with Gasteiger partial charge in [0.1, 0.15) is 0 Å². The quantitative estimate of drug-likeness (QED) is 0.892. The fourth-order valence-corrected chi connectivity index (χ4v) is 5.03. The SMILES string of the molecule is CCc1ccc(C2CNCCN2S(=O)(=O)CC2CC2)cc1.Cl. The second-order valence-corrected chi connectivity index (χ2v) is 8.11. The van der Waals surface area contributed by atoms with Gasteiger partial charge in [-0.25, -0.2) is 8.42 Å². The molecule has 2 fully saturated rings. The molecule has 6 heteroatoms. The summed E-state index contributed by atoms with van der Waals surface area (Å²) in [5.41, 5.74) is 2.38. The first-order chi connectivity index (χ1) is 10.1. The molecule has 22 heavy (non-hydrogen) atoms. The second kappa shape index (κ2) is 7.30. The maximum absolute atomic E-state index is 12.6. The molecule has 1 aliphatic carbocycles. The zero-order valence-electron chi connectivity index (χ0n) is 13.0. The number of piperazine rings is 1. The van der Waals surface area contributed by atoms with Gasteiger partial charge in [-0.2, -0.15) is 4.31 Å². The van der Waals surface area contributed by atoms with Crippen LogP contribution in [0.4, 0.5) is 0 Å². The minimum Gasteiger partial charge on any atom is -0.313 e. The van der Waals surface area contributed by atoms with Crippen LogP contribution in [0.25, 0.3) is 0 Å². The molecule has 1 N–H and O–H groups in total. The third-order valence-electron chi connectivity index (χ3n) is 4.47. The summed E-state index contributed by atoms with van der Waals surface area (Å²) in [4.78, 5) is 0. The highest BCUT2D eigenvalue weighted by Crippen LogP contribution is 2.34. The summed E-state index contributed by atoms with van der Waals surface area (Å²) in [7, 11) is -3.14. The zero-order chi connectivity index (χ0) is 14.9. The molecule has 1 atom stereocenters. The van der Waals surface area contributed by atoms with Crippen molar-refractivity contribution in [3.8, 4) is 0 Å². The average molecular weight is 345 g/mol. The van der Waals surface area contributed by atoms with Crippen molar-refractivity contribution >= 4 is 22.4 Å². The molecule has 0 aromatic heterocycles. The fraction of sp³-hybridized carbons (Fsp3) is 0.625. The van der Waals surface area contributed by atoms with Gasteiger partial charge in [0.05, 0.1) is 11.8 Å². The number of sulfonamides is 1. The van der Waals surface area contributed by atoms with Crippen molar-refractivity contribution in [3.63, 3.8) is 0 Å². The number of rotatable bonds is 5. The van der Waals surface area contributed by atoms with E-state index in [0.717, 1.165) is 31.4 Å². The van der Waals surface area contributed by atoms with Gasteiger partial charge in [0.2, 0.25) is 10.0 Å². The van der Waals surface area contributed by atoms with E-state index in [0.29, 0.717) is 24.8 Å². The molecule has 1 heterocycles. The maximum Gasteiger partial charge on any atom is 0.215 e. The van der Waals surface area contributed by atoms with Crippen LogP contribution in [0.5, 0.6) is 0 Å². The summed E-state index contributed by atoms with van der Waals surface area (Å²) in [6.45, 7) is 4.15. The van der Waals surface area contributed by atoms with Crippen LogP contribution >= 0.6 is 12.4 Å². The van der Waals surface area contributed by atoms with Gasteiger partial charge in [-0.3, -0.25) is 0 Å². The van der Waals surface area contributed by atoms with E-state index >= 15 is 0 Å². The Hall–Kier alpha value is -0.620. The van der Waals surface area contributed by atoms with Gasteiger partial charge in [-0.15, -0.1) is 12.4 Å². The number of benzene rings is 1. The number of hydrogen-bond donors (Lipinski definition) is 1. The molecule has 0 radical (unpaired) electrons. The standard InChI is InChI=1S/C16H24N2O2S.ClH/c1-2-13-5-7-15(8-6-13)16-11-17-9-10-18(16)21(19,20)12-14-3-4-14;/h5-8,14,16-17H,2-4,9-12H2,1H3;1H. The minimum atomic E-state index is -3.14. The van der Waals surface area contributed by atoms with Crippen LogP contribution in [0, 0.1) is 5.92 Å². The summed E-state index contributed by atoms with van der Waals surface area (Å²) in [6.07, 6.45) is 3.15.